The normalized spacial score (nSPS) is 15.3. The Bertz CT molecular complexity index is 1160. The fraction of sp³-hybridized carbons (Fsp3) is 0.167. The number of rotatable bonds is 6. The molecule has 0 aliphatic carbocycles. The van der Waals surface area contributed by atoms with Crippen LogP contribution in [0.4, 0.5) is 0 Å². The predicted molar refractivity (Wildman–Crippen MR) is 113 cm³/mol. The van der Waals surface area contributed by atoms with Crippen LogP contribution in [0.5, 0.6) is 0 Å². The number of nitrogens with zero attached hydrogens (tertiary/aromatic N) is 2. The maximum absolute atomic E-state index is 12.8. The van der Waals surface area contributed by atoms with Crippen LogP contribution in [-0.2, 0) is 14.3 Å². The lowest BCUT2D eigenvalue weighted by Gasteiger charge is -2.26. The van der Waals surface area contributed by atoms with E-state index in [1.165, 1.54) is 12.2 Å². The Morgan fingerprint density at radius 1 is 1.19 bits per heavy atom. The molecule has 7 nitrogen and oxygen atoms in total. The van der Waals surface area contributed by atoms with Gasteiger partial charge in [0.2, 0.25) is 0 Å². The van der Waals surface area contributed by atoms with Crippen molar-refractivity contribution in [2.45, 2.75) is 13.8 Å². The zero-order valence-electron chi connectivity index (χ0n) is 17.2. The highest BCUT2D eigenvalue weighted by Crippen LogP contribution is 2.29. The number of hydrogen-bond acceptors (Lipinski definition) is 6. The minimum Gasteiger partial charge on any atom is -0.462 e. The molecular weight excluding hydrogens is 396 g/mol. The third-order valence-corrected chi connectivity index (χ3v) is 4.73. The summed E-state index contributed by atoms with van der Waals surface area (Å²) < 4.78 is 10.8. The summed E-state index contributed by atoms with van der Waals surface area (Å²) in [6, 6.07) is 12.0. The minimum absolute atomic E-state index is 0.00366. The number of ether oxygens (including phenoxy) is 1. The van der Waals surface area contributed by atoms with Crippen LogP contribution < -0.4 is 0 Å². The topological polar surface area (TPSA) is 101 Å². The van der Waals surface area contributed by atoms with Crippen LogP contribution in [0.25, 0.3) is 17.4 Å². The van der Waals surface area contributed by atoms with Crippen LogP contribution in [0.15, 0.2) is 70.2 Å². The van der Waals surface area contributed by atoms with Crippen molar-refractivity contribution in [1.29, 1.82) is 5.26 Å². The van der Waals surface area contributed by atoms with Crippen molar-refractivity contribution in [3.63, 3.8) is 0 Å². The Morgan fingerprint density at radius 2 is 1.90 bits per heavy atom. The maximum atomic E-state index is 12.8. The Morgan fingerprint density at radius 3 is 2.52 bits per heavy atom. The monoisotopic (exact) mass is 416 g/mol. The molecule has 1 aromatic carbocycles. The number of carbonyl (C=O) groups excluding carboxylic acids is 3. The zero-order chi connectivity index (χ0) is 22.5. The van der Waals surface area contributed by atoms with Gasteiger partial charge in [0.1, 0.15) is 23.2 Å². The van der Waals surface area contributed by atoms with E-state index in [4.69, 9.17) is 9.15 Å². The summed E-state index contributed by atoms with van der Waals surface area (Å²) in [5.74, 6) is -0.630. The predicted octanol–water partition coefficient (Wildman–Crippen LogP) is 3.90. The molecule has 0 saturated carbocycles. The smallest absolute Gasteiger partial charge is 0.338 e. The van der Waals surface area contributed by atoms with Crippen molar-refractivity contribution in [2.75, 3.05) is 13.2 Å². The second-order valence-electron chi connectivity index (χ2n) is 6.68. The second-order valence-corrected chi connectivity index (χ2v) is 6.68. The van der Waals surface area contributed by atoms with E-state index in [0.29, 0.717) is 29.3 Å². The average molecular weight is 416 g/mol. The molecule has 0 atom stereocenters. The molecule has 31 heavy (non-hydrogen) atoms. The molecule has 0 bridgehead atoms. The van der Waals surface area contributed by atoms with Crippen molar-refractivity contribution >= 4 is 23.9 Å². The molecule has 1 aromatic heterocycles. The highest BCUT2D eigenvalue weighted by atomic mass is 16.5. The van der Waals surface area contributed by atoms with Gasteiger partial charge in [0.25, 0.3) is 11.8 Å². The first-order chi connectivity index (χ1) is 14.9. The molecule has 2 amide bonds. The summed E-state index contributed by atoms with van der Waals surface area (Å²) in [4.78, 5) is 37.9. The molecule has 0 N–H and O–H groups in total. The van der Waals surface area contributed by atoms with Crippen LogP contribution in [0.2, 0.25) is 0 Å². The summed E-state index contributed by atoms with van der Waals surface area (Å²) in [5, 5.41) is 9.36. The number of nitriles is 1. The Balaban J connectivity index is 1.93. The van der Waals surface area contributed by atoms with Gasteiger partial charge in [-0.15, -0.1) is 6.58 Å². The highest BCUT2D eigenvalue weighted by Gasteiger charge is 2.34. The summed E-state index contributed by atoms with van der Waals surface area (Å²) >= 11 is 0. The fourth-order valence-corrected chi connectivity index (χ4v) is 3.14. The molecule has 156 valence electrons. The number of hydrogen-bond donors (Lipinski definition) is 0. The van der Waals surface area contributed by atoms with Crippen LogP contribution in [0, 0.1) is 11.3 Å². The maximum Gasteiger partial charge on any atom is 0.338 e. The number of furan rings is 1. The SMILES string of the molecule is C=CCN1C(=O)C(C#N)=C(C)/C(=C/c2ccc(-c3ccc(C(=O)OCC)cc3)o2)C1=O. The van der Waals surface area contributed by atoms with Gasteiger partial charge in [-0.3, -0.25) is 14.5 Å². The van der Waals surface area contributed by atoms with E-state index in [-0.39, 0.29) is 17.7 Å². The summed E-state index contributed by atoms with van der Waals surface area (Å²) in [7, 11) is 0. The Kier molecular flexibility index (Phi) is 6.32. The van der Waals surface area contributed by atoms with Gasteiger partial charge in [-0.25, -0.2) is 4.79 Å². The molecule has 0 unspecified atom stereocenters. The highest BCUT2D eigenvalue weighted by molar-refractivity contribution is 6.19. The van der Waals surface area contributed by atoms with Gasteiger partial charge in [0.05, 0.1) is 12.2 Å². The molecule has 0 spiro atoms. The summed E-state index contributed by atoms with van der Waals surface area (Å²) in [6.07, 6.45) is 2.93. The Hall–Kier alpha value is -4.18. The molecule has 1 aliphatic rings. The number of esters is 1. The van der Waals surface area contributed by atoms with E-state index in [1.807, 2.05) is 6.07 Å². The Labute approximate surface area is 179 Å². The van der Waals surface area contributed by atoms with E-state index in [0.717, 1.165) is 10.5 Å². The first-order valence-corrected chi connectivity index (χ1v) is 9.58. The number of imide groups is 1. The van der Waals surface area contributed by atoms with E-state index >= 15 is 0 Å². The molecule has 2 aromatic rings. The number of benzene rings is 1. The molecule has 0 radical (unpaired) electrons. The molecule has 3 rings (SSSR count). The van der Waals surface area contributed by atoms with Crippen LogP contribution >= 0.6 is 0 Å². The quantitative estimate of drug-likeness (QED) is 0.306. The average Bonchev–Trinajstić information content (AvgIpc) is 3.23. The molecule has 0 fully saturated rings. The van der Waals surface area contributed by atoms with E-state index in [2.05, 4.69) is 6.58 Å². The largest absolute Gasteiger partial charge is 0.462 e. The third-order valence-electron chi connectivity index (χ3n) is 4.73. The summed E-state index contributed by atoms with van der Waals surface area (Å²) in [5.41, 5.74) is 1.59. The number of amides is 2. The van der Waals surface area contributed by atoms with Gasteiger partial charge in [0.15, 0.2) is 0 Å². The van der Waals surface area contributed by atoms with Crippen LogP contribution in [0.3, 0.4) is 0 Å². The lowest BCUT2D eigenvalue weighted by atomic mass is 9.94. The van der Waals surface area contributed by atoms with Crippen LogP contribution in [-0.4, -0.2) is 35.8 Å². The van der Waals surface area contributed by atoms with Gasteiger partial charge < -0.3 is 9.15 Å². The van der Waals surface area contributed by atoms with Gasteiger partial charge in [0, 0.05) is 17.7 Å². The fourth-order valence-electron chi connectivity index (χ4n) is 3.14. The first-order valence-electron chi connectivity index (χ1n) is 9.58. The van der Waals surface area contributed by atoms with Crippen molar-refractivity contribution in [3.05, 3.63) is 77.1 Å². The molecule has 0 saturated heterocycles. The number of carbonyl (C=O) groups is 3. The van der Waals surface area contributed by atoms with E-state index in [1.54, 1.807) is 50.2 Å². The molecule has 1 aliphatic heterocycles. The first kappa shape index (κ1) is 21.5. The van der Waals surface area contributed by atoms with Gasteiger partial charge in [-0.05, 0) is 49.8 Å². The standard InChI is InChI=1S/C24H20N2O5/c1-4-12-26-22(27)19(15(3)20(14-25)23(26)28)13-18-10-11-21(31-18)16-6-8-17(9-7-16)24(29)30-5-2/h4,6-11,13H,1,5,12H2,2-3H3/b19-13-. The van der Waals surface area contributed by atoms with Crippen molar-refractivity contribution in [1.82, 2.24) is 4.90 Å². The van der Waals surface area contributed by atoms with E-state index in [9.17, 15) is 19.6 Å². The molecule has 2 heterocycles. The summed E-state index contributed by atoms with van der Waals surface area (Å²) in [6.45, 7) is 7.16. The minimum atomic E-state index is -0.635. The second kappa shape index (κ2) is 9.09. The van der Waals surface area contributed by atoms with Gasteiger partial charge in [-0.2, -0.15) is 5.26 Å². The van der Waals surface area contributed by atoms with Crippen LogP contribution in [0.1, 0.15) is 30.0 Å². The lowest BCUT2D eigenvalue weighted by molar-refractivity contribution is -0.139. The molecular formula is C24H20N2O5. The van der Waals surface area contributed by atoms with E-state index < -0.39 is 17.8 Å². The van der Waals surface area contributed by atoms with Gasteiger partial charge >= 0.3 is 5.97 Å². The molecule has 7 heteroatoms. The van der Waals surface area contributed by atoms with Crippen molar-refractivity contribution in [2.24, 2.45) is 0 Å². The van der Waals surface area contributed by atoms with Crippen molar-refractivity contribution in [3.8, 4) is 17.4 Å². The third kappa shape index (κ3) is 4.23. The van der Waals surface area contributed by atoms with Gasteiger partial charge in [-0.1, -0.05) is 18.2 Å². The lowest BCUT2D eigenvalue weighted by Crippen LogP contribution is -2.42. The zero-order valence-corrected chi connectivity index (χ0v) is 17.2. The van der Waals surface area contributed by atoms with Crippen molar-refractivity contribution < 1.29 is 23.5 Å².